The minimum absolute atomic E-state index is 0.0312. The number of carbonyl (C=O) groups excluding carboxylic acids is 2. The summed E-state index contributed by atoms with van der Waals surface area (Å²) in [4.78, 5) is 37.9. The number of phosphoric acid groups is 1. The highest BCUT2D eigenvalue weighted by atomic mass is 31.2. The smallest absolute Gasteiger partial charge is 0.306 e. The van der Waals surface area contributed by atoms with Gasteiger partial charge in [0.25, 0.3) is 7.82 Å². The number of carbonyl (C=O) groups is 2. The van der Waals surface area contributed by atoms with Gasteiger partial charge in [0.2, 0.25) is 0 Å². The highest BCUT2D eigenvalue weighted by Crippen LogP contribution is 2.38. The van der Waals surface area contributed by atoms with Gasteiger partial charge >= 0.3 is 11.9 Å². The largest absolute Gasteiger partial charge is 0.756 e. The maximum atomic E-state index is 12.8. The van der Waals surface area contributed by atoms with Crippen LogP contribution in [0.5, 0.6) is 0 Å². The number of ether oxygens (including phenoxy) is 2. The Bertz CT molecular complexity index is 1360. The number of unbranched alkanes of at least 4 members (excludes halogenated alkanes) is 34. The Kier molecular flexibility index (Phi) is 52.3. The van der Waals surface area contributed by atoms with Crippen LogP contribution in [0.1, 0.15) is 284 Å². The van der Waals surface area contributed by atoms with Crippen LogP contribution in [0.3, 0.4) is 0 Å². The minimum Gasteiger partial charge on any atom is -0.756 e. The molecular formula is C62H116NO8P. The van der Waals surface area contributed by atoms with E-state index in [-0.39, 0.29) is 32.0 Å². The van der Waals surface area contributed by atoms with E-state index in [1.807, 2.05) is 21.1 Å². The van der Waals surface area contributed by atoms with Crippen LogP contribution in [0.2, 0.25) is 0 Å². The molecular weight excluding hydrogens is 918 g/mol. The SMILES string of the molecule is CCCCCCC/C=C\C/C=C\CCCCCCCCCCCCCCCC(=O)OC(COC(=O)CCCCCCCCCCCCC/C=C\C/C=C\CCCCCCC)COP(=O)([O-])OCC[N+](C)(C)C. The van der Waals surface area contributed by atoms with Crippen LogP contribution >= 0.6 is 7.82 Å². The molecule has 0 aromatic rings. The predicted molar refractivity (Wildman–Crippen MR) is 305 cm³/mol. The van der Waals surface area contributed by atoms with E-state index in [4.69, 9.17) is 18.5 Å². The summed E-state index contributed by atoms with van der Waals surface area (Å²) < 4.78 is 34.2. The lowest BCUT2D eigenvalue weighted by molar-refractivity contribution is -0.870. The number of rotatable bonds is 56. The first-order valence-electron chi connectivity index (χ1n) is 30.3. The molecule has 0 aromatic heterocycles. The number of esters is 2. The molecule has 0 aliphatic rings. The van der Waals surface area contributed by atoms with Gasteiger partial charge in [-0.25, -0.2) is 0 Å². The van der Waals surface area contributed by atoms with E-state index in [0.717, 1.165) is 51.4 Å². The molecule has 2 unspecified atom stereocenters. The van der Waals surface area contributed by atoms with Crippen LogP contribution in [-0.2, 0) is 32.7 Å². The van der Waals surface area contributed by atoms with Gasteiger partial charge in [0.1, 0.15) is 19.8 Å². The molecule has 10 heteroatoms. The highest BCUT2D eigenvalue weighted by Gasteiger charge is 2.22. The van der Waals surface area contributed by atoms with Crippen LogP contribution in [0.15, 0.2) is 48.6 Å². The van der Waals surface area contributed by atoms with Gasteiger partial charge in [0.05, 0.1) is 27.7 Å². The van der Waals surface area contributed by atoms with E-state index in [2.05, 4.69) is 62.5 Å². The highest BCUT2D eigenvalue weighted by molar-refractivity contribution is 7.45. The Morgan fingerprint density at radius 2 is 0.750 bits per heavy atom. The van der Waals surface area contributed by atoms with E-state index >= 15 is 0 Å². The van der Waals surface area contributed by atoms with Gasteiger partial charge in [0, 0.05) is 12.8 Å². The van der Waals surface area contributed by atoms with E-state index in [1.54, 1.807) is 0 Å². The molecule has 0 heterocycles. The Morgan fingerprint density at radius 1 is 0.431 bits per heavy atom. The first-order chi connectivity index (χ1) is 35.0. The summed E-state index contributed by atoms with van der Waals surface area (Å²) in [5.74, 6) is -0.826. The quantitative estimate of drug-likeness (QED) is 0.0195. The fraction of sp³-hybridized carbons (Fsp3) is 0.839. The van der Waals surface area contributed by atoms with Gasteiger partial charge < -0.3 is 27.9 Å². The molecule has 2 atom stereocenters. The first kappa shape index (κ1) is 70.0. The van der Waals surface area contributed by atoms with Gasteiger partial charge in [-0.05, 0) is 77.0 Å². The average molecular weight is 1030 g/mol. The molecule has 9 nitrogen and oxygen atoms in total. The summed E-state index contributed by atoms with van der Waals surface area (Å²) in [5.41, 5.74) is 0. The topological polar surface area (TPSA) is 111 Å². The fourth-order valence-electron chi connectivity index (χ4n) is 8.60. The normalized spacial score (nSPS) is 13.6. The molecule has 0 spiro atoms. The number of hydrogen-bond acceptors (Lipinski definition) is 8. The van der Waals surface area contributed by atoms with E-state index < -0.39 is 26.5 Å². The van der Waals surface area contributed by atoms with Crippen molar-refractivity contribution in [3.05, 3.63) is 48.6 Å². The van der Waals surface area contributed by atoms with Crippen molar-refractivity contribution in [2.75, 3.05) is 47.5 Å². The lowest BCUT2D eigenvalue weighted by Crippen LogP contribution is -2.37. The van der Waals surface area contributed by atoms with Gasteiger partial charge in [-0.3, -0.25) is 14.2 Å². The second-order valence-electron chi connectivity index (χ2n) is 21.7. The summed E-state index contributed by atoms with van der Waals surface area (Å²) in [5, 5.41) is 0. The number of nitrogens with zero attached hydrogens (tertiary/aromatic N) is 1. The van der Waals surface area contributed by atoms with Crippen molar-refractivity contribution in [1.82, 2.24) is 0 Å². The molecule has 422 valence electrons. The lowest BCUT2D eigenvalue weighted by Gasteiger charge is -2.28. The second-order valence-corrected chi connectivity index (χ2v) is 23.1. The third-order valence-corrected chi connectivity index (χ3v) is 14.3. The van der Waals surface area contributed by atoms with Crippen molar-refractivity contribution in [2.24, 2.45) is 0 Å². The molecule has 0 saturated heterocycles. The number of quaternary nitrogens is 1. The Balaban J connectivity index is 4.13. The van der Waals surface area contributed by atoms with Crippen LogP contribution in [0.25, 0.3) is 0 Å². The van der Waals surface area contributed by atoms with Crippen molar-refractivity contribution in [1.29, 1.82) is 0 Å². The summed E-state index contributed by atoms with van der Waals surface area (Å²) in [6.07, 6.45) is 67.2. The van der Waals surface area contributed by atoms with E-state index in [0.29, 0.717) is 17.4 Å². The molecule has 0 N–H and O–H groups in total. The molecule has 0 rings (SSSR count). The third-order valence-electron chi connectivity index (χ3n) is 13.3. The van der Waals surface area contributed by atoms with Crippen molar-refractivity contribution in [2.45, 2.75) is 290 Å². The molecule has 0 saturated carbocycles. The molecule has 0 bridgehead atoms. The average Bonchev–Trinajstić information content (AvgIpc) is 3.34. The van der Waals surface area contributed by atoms with Gasteiger partial charge in [0.15, 0.2) is 6.10 Å². The zero-order valence-electron chi connectivity index (χ0n) is 47.9. The molecule has 0 aliphatic heterocycles. The van der Waals surface area contributed by atoms with Crippen LogP contribution in [0.4, 0.5) is 0 Å². The molecule has 72 heavy (non-hydrogen) atoms. The standard InChI is InChI=1S/C62H116NO8P/c1-6-8-10-12-14-16-18-20-22-24-26-28-30-31-33-35-37-39-41-43-45-47-49-51-53-55-62(65)71-60(59-70-72(66,67)69-57-56-63(3,4)5)58-68-61(64)54-52-50-48-46-44-42-40-38-36-34-32-29-27-25-23-21-19-17-15-13-11-9-7-2/h18-21,24-27,60H,6-17,22-23,28-59H2,1-5H3/b20-18-,21-19-,26-24-,27-25-. The number of phosphoric ester groups is 1. The zero-order chi connectivity index (χ0) is 52.7. The number of allylic oxidation sites excluding steroid dienone is 8. The van der Waals surface area contributed by atoms with E-state index in [9.17, 15) is 19.0 Å². The van der Waals surface area contributed by atoms with Crippen molar-refractivity contribution < 1.29 is 42.1 Å². The number of likely N-dealkylation sites (N-methyl/N-ethyl adjacent to an activating group) is 1. The van der Waals surface area contributed by atoms with Gasteiger partial charge in [-0.15, -0.1) is 0 Å². The summed E-state index contributed by atoms with van der Waals surface area (Å²) in [6.45, 7) is 4.25. The van der Waals surface area contributed by atoms with Gasteiger partial charge in [-0.2, -0.15) is 0 Å². The Hall–Kier alpha value is -2.03. The van der Waals surface area contributed by atoms with Crippen molar-refractivity contribution in [3.63, 3.8) is 0 Å². The molecule has 0 radical (unpaired) electrons. The zero-order valence-corrected chi connectivity index (χ0v) is 48.8. The van der Waals surface area contributed by atoms with Crippen molar-refractivity contribution in [3.8, 4) is 0 Å². The van der Waals surface area contributed by atoms with Crippen LogP contribution < -0.4 is 4.89 Å². The van der Waals surface area contributed by atoms with Crippen LogP contribution in [-0.4, -0.2) is 70.0 Å². The Morgan fingerprint density at radius 3 is 1.10 bits per heavy atom. The maximum absolute atomic E-state index is 12.8. The lowest BCUT2D eigenvalue weighted by atomic mass is 10.0. The molecule has 0 amide bonds. The minimum atomic E-state index is -4.64. The summed E-state index contributed by atoms with van der Waals surface area (Å²) >= 11 is 0. The monoisotopic (exact) mass is 1030 g/mol. The van der Waals surface area contributed by atoms with Crippen molar-refractivity contribution >= 4 is 19.8 Å². The summed E-state index contributed by atoms with van der Waals surface area (Å²) in [7, 11) is 1.17. The molecule has 0 aliphatic carbocycles. The van der Waals surface area contributed by atoms with Gasteiger partial charge in [-0.1, -0.05) is 242 Å². The molecule has 0 aromatic carbocycles. The second kappa shape index (κ2) is 53.8. The third kappa shape index (κ3) is 57.3. The number of hydrogen-bond donors (Lipinski definition) is 0. The molecule has 0 fully saturated rings. The fourth-order valence-corrected chi connectivity index (χ4v) is 9.33. The first-order valence-corrected chi connectivity index (χ1v) is 31.8. The Labute approximate surface area is 445 Å². The predicted octanol–water partition coefficient (Wildman–Crippen LogP) is 18.3. The van der Waals surface area contributed by atoms with E-state index in [1.165, 1.54) is 199 Å². The van der Waals surface area contributed by atoms with Crippen LogP contribution in [0, 0.1) is 0 Å². The summed E-state index contributed by atoms with van der Waals surface area (Å²) in [6, 6.07) is 0. The maximum Gasteiger partial charge on any atom is 0.306 e.